The first-order valence-electron chi connectivity index (χ1n) is 52.8. The van der Waals surface area contributed by atoms with E-state index in [0.717, 1.165) is 155 Å². The number of carbonyl (C=O) groups excluding carboxylic acids is 10. The van der Waals surface area contributed by atoms with Crippen LogP contribution in [0.4, 0.5) is 0 Å². The average Bonchev–Trinajstić information content (AvgIpc) is 0.906. The van der Waals surface area contributed by atoms with Crippen LogP contribution < -0.4 is 38.1 Å². The molecule has 838 valence electrons. The maximum Gasteiger partial charge on any atom is 0.323 e. The molecule has 0 saturated heterocycles. The Labute approximate surface area is 882 Å². The summed E-state index contributed by atoms with van der Waals surface area (Å²) in [5.74, 6) is -4.14. The van der Waals surface area contributed by atoms with Gasteiger partial charge in [0.05, 0.1) is 138 Å². The SMILES string of the molecule is C.C.CC(=O)CC[C@H](NCC(=O)c1ccccc1)C(=O)O.CCCOCCOCCOCCOCCN(CCCCCCC(=O)CC[C@H](NCC(=O)c1ccccc1)C(=O)OCC[Si](C)(C)C)CCCCCNC(=O)CC[C@H](NCC(=O)c1ccccc1)C(=O)OCCC.CCCOCCOCCOCCOCCN(CCCCCN)CCCCCN.C[Si](C)(C)CCOC(=O)[C@H](CCC(=O)O)NCC(=O)c1ccccc1. The Balaban J connectivity index is 0. The van der Waals surface area contributed by atoms with Crippen LogP contribution in [-0.2, 0) is 90.5 Å². The van der Waals surface area contributed by atoms with Gasteiger partial charge in [0, 0.05) is 103 Å². The molecule has 4 aromatic rings. The number of amides is 1. The Morgan fingerprint density at radius 2 is 0.605 bits per heavy atom. The van der Waals surface area contributed by atoms with Crippen molar-refractivity contribution in [2.75, 3.05) is 211 Å². The highest BCUT2D eigenvalue weighted by molar-refractivity contribution is 6.76. The summed E-state index contributed by atoms with van der Waals surface area (Å²) < 4.78 is 60.8. The molecule has 0 bridgehead atoms. The van der Waals surface area contributed by atoms with Crippen molar-refractivity contribution < 1.29 is 120 Å². The minimum absolute atomic E-state index is 0. The number of esters is 3. The second-order valence-corrected chi connectivity index (χ2v) is 49.2. The summed E-state index contributed by atoms with van der Waals surface area (Å²) in [6.07, 6.45) is 17.7. The molecule has 0 aliphatic rings. The van der Waals surface area contributed by atoms with Crippen LogP contribution >= 0.6 is 0 Å². The van der Waals surface area contributed by atoms with Crippen LogP contribution in [0.15, 0.2) is 121 Å². The van der Waals surface area contributed by atoms with Gasteiger partial charge in [-0.2, -0.15) is 0 Å². The number of nitrogens with one attached hydrogen (secondary N) is 5. The molecule has 0 aliphatic carbocycles. The molecular weight excluding hydrogens is 1920 g/mol. The van der Waals surface area contributed by atoms with Crippen molar-refractivity contribution in [3.8, 4) is 0 Å². The second kappa shape index (κ2) is 94.7. The highest BCUT2D eigenvalue weighted by Crippen LogP contribution is 2.17. The van der Waals surface area contributed by atoms with Crippen LogP contribution in [0.3, 0.4) is 0 Å². The number of aliphatic carboxylic acids is 2. The molecule has 0 spiro atoms. The zero-order valence-electron chi connectivity index (χ0n) is 89.4. The monoisotopic (exact) mass is 2110 g/mol. The maximum absolute atomic E-state index is 13.1. The number of carbonyl (C=O) groups is 12. The summed E-state index contributed by atoms with van der Waals surface area (Å²) in [7, 11) is -2.73. The number of carboxylic acid groups (broad SMARTS) is 2. The van der Waals surface area contributed by atoms with Gasteiger partial charge in [-0.3, -0.25) is 74.0 Å². The lowest BCUT2D eigenvalue weighted by Gasteiger charge is -2.22. The van der Waals surface area contributed by atoms with E-state index < -0.39 is 70.2 Å². The number of Topliss-reactive ketones (excluding diaryl/α,β-unsaturated/α-hetero) is 6. The summed E-state index contributed by atoms with van der Waals surface area (Å²) in [4.78, 5) is 151. The lowest BCUT2D eigenvalue weighted by atomic mass is 10.0. The second-order valence-electron chi connectivity index (χ2n) is 38.0. The quantitative estimate of drug-likeness (QED) is 0.00652. The molecule has 4 aromatic carbocycles. The van der Waals surface area contributed by atoms with Gasteiger partial charge in [0.15, 0.2) is 23.1 Å². The molecule has 1 amide bonds. The van der Waals surface area contributed by atoms with Crippen molar-refractivity contribution in [2.24, 2.45) is 11.5 Å². The third-order valence-electron chi connectivity index (χ3n) is 22.6. The van der Waals surface area contributed by atoms with Crippen LogP contribution in [0.2, 0.25) is 51.4 Å². The highest BCUT2D eigenvalue weighted by Gasteiger charge is 2.28. The summed E-state index contributed by atoms with van der Waals surface area (Å²) in [6.45, 7) is 39.1. The number of benzene rings is 4. The average molecular weight is 2110 g/mol. The van der Waals surface area contributed by atoms with Crippen molar-refractivity contribution in [3.63, 3.8) is 0 Å². The van der Waals surface area contributed by atoms with Crippen molar-refractivity contribution in [3.05, 3.63) is 144 Å². The van der Waals surface area contributed by atoms with Crippen molar-refractivity contribution >= 4 is 86.6 Å². The molecule has 0 radical (unpaired) electrons. The van der Waals surface area contributed by atoms with E-state index in [0.29, 0.717) is 141 Å². The van der Waals surface area contributed by atoms with Gasteiger partial charge in [-0.15, -0.1) is 0 Å². The summed E-state index contributed by atoms with van der Waals surface area (Å²) >= 11 is 0. The molecule has 11 N–H and O–H groups in total. The first-order valence-corrected chi connectivity index (χ1v) is 60.2. The van der Waals surface area contributed by atoms with E-state index >= 15 is 0 Å². The van der Waals surface area contributed by atoms with Crippen LogP contribution in [0.1, 0.15) is 245 Å². The van der Waals surface area contributed by atoms with E-state index in [1.807, 2.05) is 25.1 Å². The van der Waals surface area contributed by atoms with Gasteiger partial charge in [-0.25, -0.2) is 0 Å². The van der Waals surface area contributed by atoms with Gasteiger partial charge in [0.25, 0.3) is 0 Å². The Kier molecular flexibility index (Phi) is 90.5. The number of nitrogens with zero attached hydrogens (tertiary/aromatic N) is 2. The number of rotatable bonds is 91. The Morgan fingerprint density at radius 1 is 0.320 bits per heavy atom. The zero-order valence-corrected chi connectivity index (χ0v) is 91.4. The number of ether oxygens (including phenoxy) is 11. The minimum Gasteiger partial charge on any atom is -0.481 e. The molecule has 0 saturated carbocycles. The number of unbranched alkanes of at least 4 members (excludes halogenated alkanes) is 9. The number of ketones is 6. The van der Waals surface area contributed by atoms with Gasteiger partial charge < -0.3 is 93.7 Å². The lowest BCUT2D eigenvalue weighted by molar-refractivity contribution is -0.147. The predicted molar refractivity (Wildman–Crippen MR) is 587 cm³/mol. The van der Waals surface area contributed by atoms with Crippen molar-refractivity contribution in [2.45, 2.75) is 279 Å². The maximum atomic E-state index is 13.1. The topological polar surface area (TPSA) is 466 Å². The Morgan fingerprint density at radius 3 is 0.918 bits per heavy atom. The minimum atomic E-state index is -1.41. The third-order valence-corrected chi connectivity index (χ3v) is 26.0. The normalized spacial score (nSPS) is 12.0. The van der Waals surface area contributed by atoms with Gasteiger partial charge in [-0.05, 0) is 155 Å². The van der Waals surface area contributed by atoms with E-state index in [1.165, 1.54) is 32.6 Å². The first kappa shape index (κ1) is 141. The molecule has 0 unspecified atom stereocenters. The number of hydrogen-bond donors (Lipinski definition) is 9. The zero-order chi connectivity index (χ0) is 107. The molecule has 4 rings (SSSR count). The van der Waals surface area contributed by atoms with E-state index in [4.69, 9.17) is 73.8 Å². The largest absolute Gasteiger partial charge is 0.481 e. The van der Waals surface area contributed by atoms with E-state index in [9.17, 15) is 57.5 Å². The summed E-state index contributed by atoms with van der Waals surface area (Å²) in [5, 5.41) is 32.4. The summed E-state index contributed by atoms with van der Waals surface area (Å²) in [5.41, 5.74) is 13.3. The van der Waals surface area contributed by atoms with Gasteiger partial charge in [0.2, 0.25) is 5.91 Å². The molecule has 4 atom stereocenters. The number of hydrogen-bond acceptors (Lipinski definition) is 31. The highest BCUT2D eigenvalue weighted by atomic mass is 28.3. The van der Waals surface area contributed by atoms with Crippen LogP contribution in [0, 0.1) is 0 Å². The molecular formula is C111H191N9O25Si2. The van der Waals surface area contributed by atoms with Crippen molar-refractivity contribution in [1.29, 1.82) is 0 Å². The lowest BCUT2D eigenvalue weighted by Crippen LogP contribution is -2.42. The van der Waals surface area contributed by atoms with E-state index in [1.54, 1.807) is 103 Å². The molecule has 0 fully saturated rings. The molecule has 0 aliphatic heterocycles. The third kappa shape index (κ3) is 83.9. The first-order chi connectivity index (χ1) is 69.9. The van der Waals surface area contributed by atoms with Gasteiger partial charge in [0.1, 0.15) is 35.7 Å². The molecule has 36 heteroatoms. The fraction of sp³-hybridized carbons (Fsp3) is 0.676. The molecule has 0 aromatic heterocycles. The Bertz CT molecular complexity index is 3980. The molecule has 0 heterocycles. The van der Waals surface area contributed by atoms with Crippen LogP contribution in [-0.4, -0.2) is 341 Å². The van der Waals surface area contributed by atoms with Crippen LogP contribution in [0.5, 0.6) is 0 Å². The molecule has 34 nitrogen and oxygen atoms in total. The van der Waals surface area contributed by atoms with E-state index in [-0.39, 0.29) is 140 Å². The number of carboxylic acids is 2. The summed E-state index contributed by atoms with van der Waals surface area (Å²) in [6, 6.07) is 33.7. The van der Waals surface area contributed by atoms with Crippen molar-refractivity contribution in [1.82, 2.24) is 36.4 Å². The Hall–Kier alpha value is -8.49. The molecule has 147 heavy (non-hydrogen) atoms. The van der Waals surface area contributed by atoms with Crippen LogP contribution in [0.25, 0.3) is 0 Å². The smallest absolute Gasteiger partial charge is 0.323 e. The standard InChI is InChI=1S/C56H92N4O12Si.C21H47N3O4.C18H27NO5Si.C14H17NO4.2CH4/c1-6-34-67-37-39-69-41-42-70-40-38-68-36-33-60(32-20-12-18-30-57-54(64)29-28-51(55(65)71-35-7-2)59-46-53(63)48-23-15-11-16-24-48)31-19-9-8-17-25-49(61)26-27-50(56(66)72-43-44-73(3,4)5)58-45-52(62)47-21-13-10-14-22-47;1-2-14-25-16-18-27-20-21-28-19-17-26-15-13-24(11-7-3-5-9-22)12-8-4-6-10-23;1-25(2,3)12-11-24-18(23)15(9-10-17(21)22)19-13-16(20)14-7-5-4-6-8-14;1-10(16)7-8-12(14(18)19)15-9-13(17)11-5-3-2-4-6-11;;/h10-11,13-16,21-24,50-51,58-59H,6-9,12,17-20,25-46H2,1-5H3,(H,57,64);2-23H2,1H3;4-8,15,19H,9-13H2,1-3H3,(H,21,22);2-6,12,15H,7-9H2,1H3,(H,18,19);2*1H4/t50-,51-;;15-;12-;;/m0.00../s1. The fourth-order valence-electron chi connectivity index (χ4n) is 13.9. The van der Waals surface area contributed by atoms with Gasteiger partial charge in [-0.1, -0.05) is 228 Å². The predicted octanol–water partition coefficient (Wildman–Crippen LogP) is 14.8. The van der Waals surface area contributed by atoms with Gasteiger partial charge >= 0.3 is 29.8 Å². The number of nitrogens with two attached hydrogens (primary N) is 2. The fourth-order valence-corrected chi connectivity index (χ4v) is 15.3. The van der Waals surface area contributed by atoms with E-state index in [2.05, 4.69) is 89.5 Å².